The second kappa shape index (κ2) is 23.7. The molecule has 0 spiro atoms. The Hall–Kier alpha value is -3.63. The van der Waals surface area contributed by atoms with E-state index in [4.69, 9.17) is 32.5 Å². The molecule has 0 aliphatic heterocycles. The number of benzene rings is 2. The highest BCUT2D eigenvalue weighted by Gasteiger charge is 2.31. The third-order valence-electron chi connectivity index (χ3n) is 8.58. The van der Waals surface area contributed by atoms with Gasteiger partial charge in [-0.25, -0.2) is 0 Å². The molecular formula is C38H56ClN5O4S. The third kappa shape index (κ3) is 15.6. The lowest BCUT2D eigenvalue weighted by Gasteiger charge is -2.40. The predicted octanol–water partition coefficient (Wildman–Crippen LogP) is 7.58. The summed E-state index contributed by atoms with van der Waals surface area (Å²) >= 11 is 7.56. The van der Waals surface area contributed by atoms with Crippen LogP contribution in [0.15, 0.2) is 71.1 Å². The maximum absolute atomic E-state index is 12.0. The van der Waals surface area contributed by atoms with Gasteiger partial charge in [0.2, 0.25) is 12.3 Å². The molecule has 1 aliphatic rings. The van der Waals surface area contributed by atoms with Gasteiger partial charge in [-0.15, -0.1) is 0 Å². The van der Waals surface area contributed by atoms with Crippen molar-refractivity contribution in [3.8, 4) is 5.75 Å². The number of aliphatic imine (C=N–C) groups is 1. The number of hydrogen-bond acceptors (Lipinski definition) is 8. The maximum atomic E-state index is 12.0. The summed E-state index contributed by atoms with van der Waals surface area (Å²) in [6.07, 6.45) is 14.5. The Balaban J connectivity index is 0.000000811. The molecule has 3 atom stereocenters. The van der Waals surface area contributed by atoms with Crippen LogP contribution in [0, 0.1) is 17.8 Å². The van der Waals surface area contributed by atoms with E-state index in [1.54, 1.807) is 19.3 Å². The molecule has 5 N–H and O–H groups in total. The standard InChI is InChI=1S/C32H44ClN3O3S.C6H12N2O/c1-3-36(21-28-15-14-26(28)12-5-4-9-24(2)22-40-35-23-37)30-20-27(32(34)38)16-17-31(30)39-18-7-6-10-25-11-8-13-29(33)19-25;1-5(4-8-2)6(7)9-3/h4-5,8,11,13,16-17,19-20,23-24,26,28H,3,6-7,9-10,12,14-15,18,21-22H2,1-2H3,(H2,34,38)(H,35,37);4H,7H2,1-3H3/b5-4+;6-5+,8-4?/t24-,26+,28-;/m0./s1. The summed E-state index contributed by atoms with van der Waals surface area (Å²) in [6.45, 7) is 8.57. The molecule has 0 heterocycles. The first-order valence-electron chi connectivity index (χ1n) is 17.1. The molecule has 1 aliphatic carbocycles. The van der Waals surface area contributed by atoms with Crippen LogP contribution in [0.25, 0.3) is 0 Å². The first-order valence-corrected chi connectivity index (χ1v) is 18.4. The minimum absolute atomic E-state index is 0.417. The van der Waals surface area contributed by atoms with Crippen molar-refractivity contribution in [2.75, 3.05) is 44.5 Å². The van der Waals surface area contributed by atoms with Crippen molar-refractivity contribution in [3.63, 3.8) is 0 Å². The Bertz CT molecular complexity index is 1390. The Kier molecular flexibility index (Phi) is 20.1. The van der Waals surface area contributed by atoms with E-state index in [0.717, 1.165) is 79.4 Å². The molecular weight excluding hydrogens is 658 g/mol. The Morgan fingerprint density at radius 1 is 1.16 bits per heavy atom. The number of allylic oxidation sites excluding steroid dienone is 3. The number of carbonyl (C=O) groups excluding carboxylic acids is 2. The van der Waals surface area contributed by atoms with E-state index in [-0.39, 0.29) is 0 Å². The zero-order valence-electron chi connectivity index (χ0n) is 29.8. The highest BCUT2D eigenvalue weighted by Crippen LogP contribution is 2.40. The first-order chi connectivity index (χ1) is 23.6. The quantitative estimate of drug-likeness (QED) is 0.0303. The number of primary amides is 1. The fraction of sp³-hybridized carbons (Fsp3) is 0.500. The van der Waals surface area contributed by atoms with E-state index in [0.29, 0.717) is 35.8 Å². The zero-order chi connectivity index (χ0) is 36.0. The van der Waals surface area contributed by atoms with Crippen LogP contribution in [0.2, 0.25) is 5.02 Å². The number of aryl methyl sites for hydroxylation is 1. The van der Waals surface area contributed by atoms with Crippen molar-refractivity contribution in [2.45, 2.75) is 65.7 Å². The number of carbonyl (C=O) groups is 2. The lowest BCUT2D eigenvalue weighted by atomic mass is 9.71. The molecule has 2 aromatic carbocycles. The number of nitrogens with zero attached hydrogens (tertiary/aromatic N) is 2. The maximum Gasteiger partial charge on any atom is 0.248 e. The molecule has 0 unspecified atom stereocenters. The van der Waals surface area contributed by atoms with Crippen LogP contribution >= 0.6 is 23.5 Å². The van der Waals surface area contributed by atoms with Crippen LogP contribution in [-0.2, 0) is 16.0 Å². The van der Waals surface area contributed by atoms with Gasteiger partial charge in [-0.2, -0.15) is 0 Å². The molecule has 1 saturated carbocycles. The number of rotatable bonds is 21. The van der Waals surface area contributed by atoms with Crippen molar-refractivity contribution in [1.29, 1.82) is 0 Å². The topological polar surface area (TPSA) is 132 Å². The minimum atomic E-state index is -0.424. The number of anilines is 1. The molecule has 270 valence electrons. The summed E-state index contributed by atoms with van der Waals surface area (Å²) in [5.41, 5.74) is 14.5. The van der Waals surface area contributed by atoms with E-state index >= 15 is 0 Å². The number of amides is 2. The van der Waals surface area contributed by atoms with Crippen molar-refractivity contribution in [3.05, 3.63) is 82.2 Å². The highest BCUT2D eigenvalue weighted by molar-refractivity contribution is 7.97. The third-order valence-corrected chi connectivity index (χ3v) is 9.81. The monoisotopic (exact) mass is 713 g/mol. The van der Waals surface area contributed by atoms with Gasteiger partial charge >= 0.3 is 0 Å². The van der Waals surface area contributed by atoms with E-state index in [2.05, 4.69) is 46.7 Å². The fourth-order valence-electron chi connectivity index (χ4n) is 5.53. The number of ether oxygens (including phenoxy) is 2. The summed E-state index contributed by atoms with van der Waals surface area (Å²) < 4.78 is 13.6. The smallest absolute Gasteiger partial charge is 0.248 e. The van der Waals surface area contributed by atoms with Crippen LogP contribution in [0.3, 0.4) is 0 Å². The zero-order valence-corrected chi connectivity index (χ0v) is 31.4. The van der Waals surface area contributed by atoms with Gasteiger partial charge in [0.25, 0.3) is 0 Å². The van der Waals surface area contributed by atoms with Gasteiger partial charge in [0, 0.05) is 48.3 Å². The van der Waals surface area contributed by atoms with E-state index in [1.165, 1.54) is 37.5 Å². The normalized spacial score (nSPS) is 16.6. The van der Waals surface area contributed by atoms with Gasteiger partial charge < -0.3 is 30.6 Å². The molecule has 11 heteroatoms. The van der Waals surface area contributed by atoms with E-state index < -0.39 is 5.91 Å². The van der Waals surface area contributed by atoms with Gasteiger partial charge in [-0.05, 0) is 112 Å². The lowest BCUT2D eigenvalue weighted by molar-refractivity contribution is -0.107. The van der Waals surface area contributed by atoms with Gasteiger partial charge in [-0.1, -0.05) is 54.8 Å². The molecule has 0 bridgehead atoms. The SMILES string of the molecule is CCN(C[C@@H]1CC[C@H]1C/C=C/C[C@H](C)CSNC=O)c1cc(C(N)=O)ccc1OCCCCc1cccc(Cl)c1.CN=C/C(C)=C(\N)OC. The summed E-state index contributed by atoms with van der Waals surface area (Å²) in [7, 11) is 3.22. The van der Waals surface area contributed by atoms with E-state index in [9.17, 15) is 9.59 Å². The molecule has 2 aromatic rings. The lowest BCUT2D eigenvalue weighted by Crippen LogP contribution is -2.38. The van der Waals surface area contributed by atoms with Crippen molar-refractivity contribution >= 4 is 47.8 Å². The molecule has 3 rings (SSSR count). The Labute approximate surface area is 303 Å². The van der Waals surface area contributed by atoms with Crippen LogP contribution in [0.1, 0.15) is 75.2 Å². The number of halogens is 1. The average molecular weight is 714 g/mol. The molecule has 0 radical (unpaired) electrons. The van der Waals surface area contributed by atoms with Crippen LogP contribution < -0.4 is 25.8 Å². The van der Waals surface area contributed by atoms with Gasteiger partial charge in [-0.3, -0.25) is 14.6 Å². The van der Waals surface area contributed by atoms with Crippen molar-refractivity contribution in [1.82, 2.24) is 4.72 Å². The largest absolute Gasteiger partial charge is 0.491 e. The van der Waals surface area contributed by atoms with E-state index in [1.807, 2.05) is 37.3 Å². The van der Waals surface area contributed by atoms with Crippen molar-refractivity contribution < 1.29 is 19.1 Å². The van der Waals surface area contributed by atoms with Crippen molar-refractivity contribution in [2.24, 2.45) is 34.2 Å². The van der Waals surface area contributed by atoms with Crippen LogP contribution in [0.4, 0.5) is 5.69 Å². The second-order valence-corrected chi connectivity index (χ2v) is 13.6. The highest BCUT2D eigenvalue weighted by atomic mass is 35.5. The van der Waals surface area contributed by atoms with Gasteiger partial charge in [0.1, 0.15) is 5.75 Å². The van der Waals surface area contributed by atoms with Crippen LogP contribution in [0.5, 0.6) is 5.75 Å². The molecule has 9 nitrogen and oxygen atoms in total. The second-order valence-electron chi connectivity index (χ2n) is 12.4. The van der Waals surface area contributed by atoms with Gasteiger partial charge in [0.05, 0.1) is 19.4 Å². The molecule has 1 fully saturated rings. The Morgan fingerprint density at radius 2 is 1.94 bits per heavy atom. The first kappa shape index (κ1) is 41.5. The summed E-state index contributed by atoms with van der Waals surface area (Å²) in [5.74, 6) is 3.51. The average Bonchev–Trinajstić information content (AvgIpc) is 3.08. The molecule has 49 heavy (non-hydrogen) atoms. The minimum Gasteiger partial charge on any atom is -0.491 e. The van der Waals surface area contributed by atoms with Crippen LogP contribution in [-0.4, -0.2) is 58.1 Å². The predicted molar refractivity (Wildman–Crippen MR) is 206 cm³/mol. The summed E-state index contributed by atoms with van der Waals surface area (Å²) in [4.78, 5) is 28.5. The number of hydrogen-bond donors (Lipinski definition) is 3. The number of nitrogens with two attached hydrogens (primary N) is 2. The van der Waals surface area contributed by atoms with Gasteiger partial charge in [0.15, 0.2) is 5.88 Å². The number of unbranched alkanes of at least 4 members (excludes halogenated alkanes) is 1. The number of nitrogens with one attached hydrogen (secondary N) is 1. The molecule has 2 amide bonds. The Morgan fingerprint density at radius 3 is 2.57 bits per heavy atom. The summed E-state index contributed by atoms with van der Waals surface area (Å²) in [6, 6.07) is 13.5. The molecule has 0 aromatic heterocycles. The fourth-order valence-corrected chi connectivity index (χ4v) is 6.32. The number of methoxy groups -OCH3 is 1. The summed E-state index contributed by atoms with van der Waals surface area (Å²) in [5, 5.41) is 0.770. The molecule has 0 saturated heterocycles.